The number of fused-ring (bicyclic) bond motifs is 1. The number of nitrogens with one attached hydrogen (secondary N) is 3. The Balaban J connectivity index is 1.60. The van der Waals surface area contributed by atoms with Gasteiger partial charge in [0.15, 0.2) is 0 Å². The summed E-state index contributed by atoms with van der Waals surface area (Å²) in [6, 6.07) is 19.9. The van der Waals surface area contributed by atoms with Gasteiger partial charge in [0.25, 0.3) is 5.91 Å². The van der Waals surface area contributed by atoms with Crippen molar-refractivity contribution < 1.29 is 19.1 Å². The van der Waals surface area contributed by atoms with E-state index in [0.717, 1.165) is 16.5 Å². The van der Waals surface area contributed by atoms with Gasteiger partial charge in [-0.2, -0.15) is 0 Å². The predicted octanol–water partition coefficient (Wildman–Crippen LogP) is 4.98. The third-order valence-corrected chi connectivity index (χ3v) is 5.81. The highest BCUT2D eigenvalue weighted by atomic mass is 35.5. The van der Waals surface area contributed by atoms with Crippen molar-refractivity contribution in [2.75, 3.05) is 11.9 Å². The summed E-state index contributed by atoms with van der Waals surface area (Å²) in [6.07, 6.45) is 2.07. The van der Waals surface area contributed by atoms with Gasteiger partial charge in [0.1, 0.15) is 6.04 Å². The number of aromatic nitrogens is 1. The maximum atomic E-state index is 13.3. The van der Waals surface area contributed by atoms with Gasteiger partial charge < -0.3 is 20.4 Å². The molecule has 0 aliphatic carbocycles. The van der Waals surface area contributed by atoms with Crippen molar-refractivity contribution in [2.24, 2.45) is 0 Å². The average molecular weight is 490 g/mol. The van der Waals surface area contributed by atoms with Gasteiger partial charge in [-0.3, -0.25) is 9.59 Å². The monoisotopic (exact) mass is 489 g/mol. The maximum absolute atomic E-state index is 13.3. The lowest BCUT2D eigenvalue weighted by Gasteiger charge is -2.19. The first-order valence-electron chi connectivity index (χ1n) is 11.1. The van der Waals surface area contributed by atoms with Crippen molar-refractivity contribution >= 4 is 46.0 Å². The quantitative estimate of drug-likeness (QED) is 0.304. The molecule has 1 heterocycles. The zero-order valence-electron chi connectivity index (χ0n) is 19.0. The van der Waals surface area contributed by atoms with E-state index in [-0.39, 0.29) is 18.6 Å². The number of ether oxygens (including phenoxy) is 1. The summed E-state index contributed by atoms with van der Waals surface area (Å²) in [5.74, 6) is -1.38. The number of esters is 1. The minimum Gasteiger partial charge on any atom is -0.462 e. The highest BCUT2D eigenvalue weighted by Gasteiger charge is 2.24. The van der Waals surface area contributed by atoms with Crippen LogP contribution in [-0.2, 0) is 16.0 Å². The van der Waals surface area contributed by atoms with E-state index in [4.69, 9.17) is 16.3 Å². The van der Waals surface area contributed by atoms with Gasteiger partial charge in [-0.25, -0.2) is 4.79 Å². The third kappa shape index (κ3) is 5.70. The van der Waals surface area contributed by atoms with Gasteiger partial charge in [-0.1, -0.05) is 48.0 Å². The molecule has 1 atom stereocenters. The predicted molar refractivity (Wildman–Crippen MR) is 136 cm³/mol. The van der Waals surface area contributed by atoms with Crippen LogP contribution in [0.25, 0.3) is 10.9 Å². The number of aromatic amines is 1. The number of hydrogen-bond donors (Lipinski definition) is 3. The van der Waals surface area contributed by atoms with Crippen LogP contribution >= 0.6 is 11.6 Å². The SMILES string of the molecule is CCOC(=O)c1cccc(NC(=O)C(Cc2c[nH]c3ccccc23)NC(=O)c2ccccc2Cl)c1. The van der Waals surface area contributed by atoms with E-state index in [1.54, 1.807) is 49.4 Å². The Morgan fingerprint density at radius 3 is 2.57 bits per heavy atom. The summed E-state index contributed by atoms with van der Waals surface area (Å²) < 4.78 is 5.03. The summed E-state index contributed by atoms with van der Waals surface area (Å²) in [4.78, 5) is 41.6. The molecule has 0 saturated carbocycles. The molecule has 4 aromatic rings. The van der Waals surface area contributed by atoms with Crippen LogP contribution in [0.5, 0.6) is 0 Å². The normalized spacial score (nSPS) is 11.6. The molecule has 3 N–H and O–H groups in total. The number of carbonyl (C=O) groups excluding carboxylic acids is 3. The van der Waals surface area contributed by atoms with Crippen LogP contribution in [0.15, 0.2) is 79.0 Å². The van der Waals surface area contributed by atoms with E-state index in [2.05, 4.69) is 15.6 Å². The molecule has 3 aromatic carbocycles. The second-order valence-corrected chi connectivity index (χ2v) is 8.27. The molecule has 8 heteroatoms. The molecule has 2 amide bonds. The fourth-order valence-corrected chi connectivity index (χ4v) is 4.00. The molecule has 0 radical (unpaired) electrons. The Morgan fingerprint density at radius 2 is 1.77 bits per heavy atom. The molecule has 4 rings (SSSR count). The molecule has 0 fully saturated rings. The first kappa shape index (κ1) is 24.0. The van der Waals surface area contributed by atoms with Crippen molar-refractivity contribution in [3.05, 3.63) is 101 Å². The lowest BCUT2D eigenvalue weighted by Crippen LogP contribution is -2.45. The highest BCUT2D eigenvalue weighted by Crippen LogP contribution is 2.21. The third-order valence-electron chi connectivity index (χ3n) is 5.48. The van der Waals surface area contributed by atoms with E-state index >= 15 is 0 Å². The molecule has 0 saturated heterocycles. The van der Waals surface area contributed by atoms with Gasteiger partial charge in [-0.05, 0) is 48.9 Å². The highest BCUT2D eigenvalue weighted by molar-refractivity contribution is 6.33. The summed E-state index contributed by atoms with van der Waals surface area (Å²) in [6.45, 7) is 1.97. The van der Waals surface area contributed by atoms with E-state index < -0.39 is 23.8 Å². The molecule has 0 aliphatic heterocycles. The Hall–Kier alpha value is -4.10. The van der Waals surface area contributed by atoms with E-state index in [1.165, 1.54) is 6.07 Å². The second-order valence-electron chi connectivity index (χ2n) is 7.86. The van der Waals surface area contributed by atoms with Crippen molar-refractivity contribution in [1.29, 1.82) is 0 Å². The lowest BCUT2D eigenvalue weighted by molar-refractivity contribution is -0.118. The number of anilines is 1. The van der Waals surface area contributed by atoms with Crippen LogP contribution < -0.4 is 10.6 Å². The standard InChI is InChI=1S/C27H24ClN3O4/c1-2-35-27(34)17-8-7-9-19(14-17)30-26(33)24(31-25(32)21-11-3-5-12-22(21)28)15-18-16-29-23-13-6-4-10-20(18)23/h3-14,16,24,29H,2,15H2,1H3,(H,30,33)(H,31,32). The van der Waals surface area contributed by atoms with Crippen LogP contribution in [0.3, 0.4) is 0 Å². The molecule has 0 aliphatic rings. The number of amides is 2. The lowest BCUT2D eigenvalue weighted by atomic mass is 10.0. The minimum absolute atomic E-state index is 0.240. The van der Waals surface area contributed by atoms with Crippen LogP contribution in [0, 0.1) is 0 Å². The largest absolute Gasteiger partial charge is 0.462 e. The molecule has 7 nitrogen and oxygen atoms in total. The Morgan fingerprint density at radius 1 is 1.00 bits per heavy atom. The minimum atomic E-state index is -0.913. The maximum Gasteiger partial charge on any atom is 0.338 e. The first-order chi connectivity index (χ1) is 17.0. The Bertz CT molecular complexity index is 1380. The van der Waals surface area contributed by atoms with Crippen LogP contribution in [-0.4, -0.2) is 35.4 Å². The second kappa shape index (κ2) is 10.9. The molecular weight excluding hydrogens is 466 g/mol. The van der Waals surface area contributed by atoms with E-state index in [9.17, 15) is 14.4 Å². The smallest absolute Gasteiger partial charge is 0.338 e. The van der Waals surface area contributed by atoms with Crippen LogP contribution in [0.4, 0.5) is 5.69 Å². The van der Waals surface area contributed by atoms with Gasteiger partial charge in [0, 0.05) is 29.2 Å². The van der Waals surface area contributed by atoms with E-state index in [1.807, 2.05) is 30.5 Å². The van der Waals surface area contributed by atoms with Crippen LogP contribution in [0.2, 0.25) is 5.02 Å². The number of hydrogen-bond acceptors (Lipinski definition) is 4. The molecule has 178 valence electrons. The van der Waals surface area contributed by atoms with Gasteiger partial charge in [0.2, 0.25) is 5.91 Å². The number of benzene rings is 3. The average Bonchev–Trinajstić information content (AvgIpc) is 3.27. The van der Waals surface area contributed by atoms with Crippen molar-refractivity contribution in [3.8, 4) is 0 Å². The summed E-state index contributed by atoms with van der Waals surface area (Å²) in [7, 11) is 0. The summed E-state index contributed by atoms with van der Waals surface area (Å²) >= 11 is 6.20. The molecule has 0 bridgehead atoms. The Kier molecular flexibility index (Phi) is 7.48. The number of para-hydroxylation sites is 1. The van der Waals surface area contributed by atoms with Gasteiger partial charge in [-0.15, -0.1) is 0 Å². The van der Waals surface area contributed by atoms with Crippen molar-refractivity contribution in [2.45, 2.75) is 19.4 Å². The van der Waals surface area contributed by atoms with Crippen molar-refractivity contribution in [1.82, 2.24) is 10.3 Å². The zero-order chi connectivity index (χ0) is 24.8. The number of halogens is 1. The first-order valence-corrected chi connectivity index (χ1v) is 11.5. The fraction of sp³-hybridized carbons (Fsp3) is 0.148. The van der Waals surface area contributed by atoms with Gasteiger partial charge >= 0.3 is 5.97 Å². The Labute approximate surface area is 207 Å². The topological polar surface area (TPSA) is 100 Å². The van der Waals surface area contributed by atoms with Crippen LogP contribution in [0.1, 0.15) is 33.2 Å². The number of carbonyl (C=O) groups is 3. The van der Waals surface area contributed by atoms with Crippen molar-refractivity contribution in [3.63, 3.8) is 0 Å². The zero-order valence-corrected chi connectivity index (χ0v) is 19.8. The van der Waals surface area contributed by atoms with E-state index in [0.29, 0.717) is 16.3 Å². The molecule has 0 spiro atoms. The fourth-order valence-electron chi connectivity index (χ4n) is 3.78. The molecule has 35 heavy (non-hydrogen) atoms. The molecule has 1 aromatic heterocycles. The molecule has 1 unspecified atom stereocenters. The summed E-state index contributed by atoms with van der Waals surface area (Å²) in [5, 5.41) is 6.87. The summed E-state index contributed by atoms with van der Waals surface area (Å²) in [5.41, 5.74) is 2.81. The molecular formula is C27H24ClN3O4. The van der Waals surface area contributed by atoms with Gasteiger partial charge in [0.05, 0.1) is 22.8 Å². The number of H-pyrrole nitrogens is 1. The number of rotatable bonds is 8.